The van der Waals surface area contributed by atoms with E-state index in [1.54, 1.807) is 6.92 Å². The van der Waals surface area contributed by atoms with E-state index < -0.39 is 11.8 Å². The van der Waals surface area contributed by atoms with Crippen molar-refractivity contribution in [3.8, 4) is 11.8 Å². The smallest absolute Gasteiger partial charge is 0.357 e. The average Bonchev–Trinajstić information content (AvgIpc) is 2.73. The molecule has 1 aromatic heterocycles. The molecule has 0 radical (unpaired) electrons. The first kappa shape index (κ1) is 15.1. The number of nitrogens with zero attached hydrogens (tertiary/aromatic N) is 2. The van der Waals surface area contributed by atoms with Crippen molar-refractivity contribution < 1.29 is 13.9 Å². The van der Waals surface area contributed by atoms with E-state index in [1.807, 2.05) is 6.07 Å². The number of aryl methyl sites for hydroxylation is 1. The molecule has 0 aliphatic rings. The molecule has 21 heavy (non-hydrogen) atoms. The normalized spacial score (nSPS) is 10.2. The van der Waals surface area contributed by atoms with Crippen molar-refractivity contribution in [3.63, 3.8) is 0 Å². The van der Waals surface area contributed by atoms with Crippen LogP contribution in [0.3, 0.4) is 0 Å². The second-order valence-electron chi connectivity index (χ2n) is 4.33. The Morgan fingerprint density at radius 3 is 2.71 bits per heavy atom. The van der Waals surface area contributed by atoms with Crippen LogP contribution in [0.2, 0.25) is 0 Å². The van der Waals surface area contributed by atoms with Gasteiger partial charge in [-0.1, -0.05) is 0 Å². The minimum absolute atomic E-state index is 0.0278. The molecule has 5 nitrogen and oxygen atoms in total. The van der Waals surface area contributed by atoms with Gasteiger partial charge in [-0.15, -0.1) is 0 Å². The van der Waals surface area contributed by atoms with Gasteiger partial charge >= 0.3 is 5.97 Å². The lowest BCUT2D eigenvalue weighted by molar-refractivity contribution is 0.0593. The quantitative estimate of drug-likeness (QED) is 0.843. The van der Waals surface area contributed by atoms with E-state index in [4.69, 9.17) is 15.7 Å². The van der Waals surface area contributed by atoms with Gasteiger partial charge in [-0.05, 0) is 40.5 Å². The first-order valence-electron chi connectivity index (χ1n) is 5.86. The fourth-order valence-electron chi connectivity index (χ4n) is 2.09. The minimum Gasteiger partial charge on any atom is -0.464 e. The molecule has 108 valence electrons. The van der Waals surface area contributed by atoms with Crippen molar-refractivity contribution >= 4 is 27.6 Å². The number of halogens is 2. The Kier molecular flexibility index (Phi) is 4.00. The van der Waals surface area contributed by atoms with Crippen LogP contribution < -0.4 is 5.73 Å². The van der Waals surface area contributed by atoms with Gasteiger partial charge in [0.2, 0.25) is 0 Å². The number of ether oxygens (including phenoxy) is 1. The number of carbonyl (C=O) groups is 1. The summed E-state index contributed by atoms with van der Waals surface area (Å²) in [5, 5.41) is 9.07. The highest BCUT2D eigenvalue weighted by molar-refractivity contribution is 9.10. The fourth-order valence-corrected chi connectivity index (χ4v) is 2.81. The fraction of sp³-hybridized carbons (Fsp3) is 0.143. The van der Waals surface area contributed by atoms with Gasteiger partial charge in [0.25, 0.3) is 0 Å². The molecule has 0 bridgehead atoms. The highest BCUT2D eigenvalue weighted by Gasteiger charge is 2.23. The number of nitrogen functional groups attached to an aromatic ring is 1. The van der Waals surface area contributed by atoms with Gasteiger partial charge in [0, 0.05) is 10.7 Å². The van der Waals surface area contributed by atoms with E-state index in [9.17, 15) is 9.18 Å². The summed E-state index contributed by atoms with van der Waals surface area (Å²) in [6.45, 7) is 1.69. The maximum Gasteiger partial charge on any atom is 0.357 e. The summed E-state index contributed by atoms with van der Waals surface area (Å²) >= 11 is 3.26. The zero-order valence-electron chi connectivity index (χ0n) is 11.3. The molecule has 2 N–H and O–H groups in total. The predicted molar refractivity (Wildman–Crippen MR) is 78.6 cm³/mol. The van der Waals surface area contributed by atoms with Gasteiger partial charge in [0.15, 0.2) is 5.69 Å². The summed E-state index contributed by atoms with van der Waals surface area (Å²) in [6.07, 6.45) is 1.42. The van der Waals surface area contributed by atoms with Crippen LogP contribution in [0.1, 0.15) is 21.6 Å². The van der Waals surface area contributed by atoms with Gasteiger partial charge in [-0.3, -0.25) is 0 Å². The number of benzene rings is 1. The van der Waals surface area contributed by atoms with Crippen molar-refractivity contribution in [1.29, 1.82) is 5.26 Å². The Morgan fingerprint density at radius 1 is 1.52 bits per heavy atom. The lowest BCUT2D eigenvalue weighted by Crippen LogP contribution is -2.12. The van der Waals surface area contributed by atoms with E-state index in [0.29, 0.717) is 15.7 Å². The summed E-state index contributed by atoms with van der Waals surface area (Å²) in [7, 11) is 1.22. The number of esters is 1. The van der Waals surface area contributed by atoms with Crippen molar-refractivity contribution in [1.82, 2.24) is 4.57 Å². The zero-order chi connectivity index (χ0) is 15.7. The second-order valence-corrected chi connectivity index (χ2v) is 5.19. The van der Waals surface area contributed by atoms with Crippen molar-refractivity contribution in [2.45, 2.75) is 6.92 Å². The number of hydrogen-bond donors (Lipinski definition) is 1. The van der Waals surface area contributed by atoms with E-state index in [2.05, 4.69) is 15.9 Å². The monoisotopic (exact) mass is 351 g/mol. The summed E-state index contributed by atoms with van der Waals surface area (Å²) < 4.78 is 20.0. The molecule has 0 fully saturated rings. The lowest BCUT2D eigenvalue weighted by atomic mass is 10.2. The van der Waals surface area contributed by atoms with Gasteiger partial charge < -0.3 is 15.0 Å². The zero-order valence-corrected chi connectivity index (χ0v) is 12.9. The van der Waals surface area contributed by atoms with Crippen LogP contribution >= 0.6 is 15.9 Å². The van der Waals surface area contributed by atoms with E-state index in [-0.39, 0.29) is 16.9 Å². The molecular formula is C14H11BrFN3O2. The number of methoxy groups -OCH3 is 1. The number of rotatable bonds is 2. The molecule has 0 spiro atoms. The van der Waals surface area contributed by atoms with Gasteiger partial charge in [0.05, 0.1) is 24.0 Å². The van der Waals surface area contributed by atoms with Gasteiger partial charge in [0.1, 0.15) is 11.9 Å². The predicted octanol–water partition coefficient (Wildman–Crippen LogP) is 2.93. The Balaban J connectivity index is 2.82. The third-order valence-corrected chi connectivity index (χ3v) is 3.61. The molecular weight excluding hydrogens is 341 g/mol. The number of hydrogen-bond acceptors (Lipinski definition) is 4. The van der Waals surface area contributed by atoms with Crippen LogP contribution in [-0.4, -0.2) is 17.6 Å². The topological polar surface area (TPSA) is 81.0 Å². The molecule has 2 aromatic rings. The molecule has 0 saturated heterocycles. The molecule has 1 heterocycles. The molecule has 2 rings (SSSR count). The summed E-state index contributed by atoms with van der Waals surface area (Å²) in [4.78, 5) is 11.9. The molecule has 1 aromatic carbocycles. The third kappa shape index (κ3) is 2.50. The van der Waals surface area contributed by atoms with Crippen LogP contribution in [0.15, 0.2) is 22.8 Å². The maximum atomic E-state index is 13.4. The Bertz CT molecular complexity index is 754. The molecule has 0 unspecified atom stereocenters. The van der Waals surface area contributed by atoms with E-state index >= 15 is 0 Å². The largest absolute Gasteiger partial charge is 0.464 e. The summed E-state index contributed by atoms with van der Waals surface area (Å²) in [6, 6.07) is 4.50. The van der Waals surface area contributed by atoms with E-state index in [0.717, 1.165) is 0 Å². The average molecular weight is 352 g/mol. The highest BCUT2D eigenvalue weighted by atomic mass is 79.9. The van der Waals surface area contributed by atoms with Crippen molar-refractivity contribution in [2.24, 2.45) is 0 Å². The first-order valence-corrected chi connectivity index (χ1v) is 6.65. The summed E-state index contributed by atoms with van der Waals surface area (Å²) in [5.41, 5.74) is 7.12. The van der Waals surface area contributed by atoms with Crippen LogP contribution in [0, 0.1) is 24.1 Å². The second kappa shape index (κ2) is 5.58. The third-order valence-electron chi connectivity index (χ3n) is 3.00. The Hall–Kier alpha value is -2.33. The van der Waals surface area contributed by atoms with Crippen LogP contribution in [0.5, 0.6) is 0 Å². The molecule has 0 saturated carbocycles. The maximum absolute atomic E-state index is 13.4. The van der Waals surface area contributed by atoms with Crippen LogP contribution in [-0.2, 0) is 4.74 Å². The number of anilines is 1. The van der Waals surface area contributed by atoms with Crippen LogP contribution in [0.4, 0.5) is 10.1 Å². The number of carbonyl (C=O) groups excluding carboxylic acids is 1. The van der Waals surface area contributed by atoms with E-state index in [1.165, 1.54) is 30.0 Å². The van der Waals surface area contributed by atoms with Crippen molar-refractivity contribution in [2.75, 3.05) is 12.8 Å². The molecule has 7 heteroatoms. The number of aromatic nitrogens is 1. The van der Waals surface area contributed by atoms with Gasteiger partial charge in [-0.2, -0.15) is 5.26 Å². The van der Waals surface area contributed by atoms with Crippen molar-refractivity contribution in [3.05, 3.63) is 45.4 Å². The highest BCUT2D eigenvalue weighted by Crippen LogP contribution is 2.31. The SMILES string of the molecule is COC(=O)c1c(N)c(C#N)cn1-c1c(C)cc(F)cc1Br. The molecule has 0 aliphatic carbocycles. The minimum atomic E-state index is -0.676. The summed E-state index contributed by atoms with van der Waals surface area (Å²) in [5.74, 6) is -1.09. The van der Waals surface area contributed by atoms with Gasteiger partial charge in [-0.25, -0.2) is 9.18 Å². The number of nitrogens with two attached hydrogens (primary N) is 1. The lowest BCUT2D eigenvalue weighted by Gasteiger charge is -2.13. The molecule has 0 amide bonds. The first-order chi connectivity index (χ1) is 9.90. The standard InChI is InChI=1S/C14H11BrFN3O2/c1-7-3-9(16)4-10(15)12(7)19-6-8(5-17)11(18)13(19)14(20)21-2/h3-4,6H,18H2,1-2H3. The Labute approximate surface area is 128 Å². The Morgan fingerprint density at radius 2 is 2.19 bits per heavy atom. The molecule has 0 aliphatic heterocycles. The molecule has 0 atom stereocenters. The van der Waals surface area contributed by atoms with Crippen LogP contribution in [0.25, 0.3) is 5.69 Å². The number of nitriles is 1.